The number of hydrogen-bond acceptors (Lipinski definition) is 4. The molecular weight excluding hydrogens is 339 g/mol. The van der Waals surface area contributed by atoms with E-state index in [0.29, 0.717) is 12.8 Å². The molecule has 126 valence electrons. The first-order valence-corrected chi connectivity index (χ1v) is 7.70. The molecule has 24 heavy (non-hydrogen) atoms. The highest BCUT2D eigenvalue weighted by Gasteiger charge is 2.36. The smallest absolute Gasteiger partial charge is 0.306 e. The van der Waals surface area contributed by atoms with Crippen LogP contribution in [0.4, 0.5) is 4.39 Å². The van der Waals surface area contributed by atoms with Crippen molar-refractivity contribution < 1.29 is 23.6 Å². The molecule has 1 aliphatic carbocycles. The number of carboxylic acid groups (broad SMARTS) is 1. The Morgan fingerprint density at radius 3 is 2.75 bits per heavy atom. The Morgan fingerprint density at radius 1 is 1.42 bits per heavy atom. The number of amides is 1. The fourth-order valence-electron chi connectivity index (χ4n) is 2.73. The van der Waals surface area contributed by atoms with Crippen LogP contribution in [0.2, 0.25) is 5.02 Å². The quantitative estimate of drug-likeness (QED) is 0.882. The molecule has 0 bridgehead atoms. The SMILES string of the molecule is Cc1onc(-c2c(F)cccc2Cl)c1C(=O)NC1CC(C(=O)O)C1. The van der Waals surface area contributed by atoms with Crippen LogP contribution in [-0.2, 0) is 4.79 Å². The fourth-order valence-corrected chi connectivity index (χ4v) is 2.98. The van der Waals surface area contributed by atoms with Crippen LogP contribution >= 0.6 is 11.6 Å². The Hall–Kier alpha value is -2.41. The molecule has 0 atom stereocenters. The van der Waals surface area contributed by atoms with E-state index >= 15 is 0 Å². The predicted molar refractivity (Wildman–Crippen MR) is 83.3 cm³/mol. The van der Waals surface area contributed by atoms with E-state index in [0.717, 1.165) is 0 Å². The number of rotatable bonds is 4. The summed E-state index contributed by atoms with van der Waals surface area (Å²) in [5.74, 6) is -2.19. The minimum atomic E-state index is -0.875. The number of halogens is 2. The number of hydrogen-bond donors (Lipinski definition) is 2. The largest absolute Gasteiger partial charge is 0.481 e. The average Bonchev–Trinajstić information content (AvgIpc) is 2.83. The summed E-state index contributed by atoms with van der Waals surface area (Å²) in [6.45, 7) is 1.54. The lowest BCUT2D eigenvalue weighted by Crippen LogP contribution is -2.46. The van der Waals surface area contributed by atoms with E-state index in [-0.39, 0.29) is 33.6 Å². The van der Waals surface area contributed by atoms with Gasteiger partial charge in [-0.2, -0.15) is 0 Å². The van der Waals surface area contributed by atoms with Crippen LogP contribution in [0, 0.1) is 18.7 Å². The first-order valence-electron chi connectivity index (χ1n) is 7.32. The molecule has 8 heteroatoms. The Kier molecular flexibility index (Phi) is 4.28. The minimum Gasteiger partial charge on any atom is -0.481 e. The average molecular weight is 353 g/mol. The van der Waals surface area contributed by atoms with Gasteiger partial charge in [-0.15, -0.1) is 0 Å². The van der Waals surface area contributed by atoms with Crippen molar-refractivity contribution >= 4 is 23.5 Å². The molecular formula is C16H14ClFN2O4. The van der Waals surface area contributed by atoms with Crippen molar-refractivity contribution in [2.75, 3.05) is 0 Å². The molecule has 3 rings (SSSR count). The Morgan fingerprint density at radius 2 is 2.12 bits per heavy atom. The molecule has 1 heterocycles. The van der Waals surface area contributed by atoms with Gasteiger partial charge in [0.1, 0.15) is 22.8 Å². The standard InChI is InChI=1S/C16H14ClFN2O4/c1-7-12(15(21)19-9-5-8(6-9)16(22)23)14(20-24-7)13-10(17)3-2-4-11(13)18/h2-4,8-9H,5-6H2,1H3,(H,19,21)(H,22,23). The maximum Gasteiger partial charge on any atom is 0.306 e. The topological polar surface area (TPSA) is 92.4 Å². The van der Waals surface area contributed by atoms with Crippen molar-refractivity contribution in [3.63, 3.8) is 0 Å². The van der Waals surface area contributed by atoms with Gasteiger partial charge in [-0.1, -0.05) is 22.8 Å². The highest BCUT2D eigenvalue weighted by Crippen LogP contribution is 2.34. The van der Waals surface area contributed by atoms with Crippen molar-refractivity contribution in [1.82, 2.24) is 10.5 Å². The second-order valence-electron chi connectivity index (χ2n) is 5.74. The van der Waals surface area contributed by atoms with Crippen molar-refractivity contribution in [3.05, 3.63) is 40.4 Å². The van der Waals surface area contributed by atoms with E-state index in [1.807, 2.05) is 0 Å². The number of carbonyl (C=O) groups is 2. The van der Waals surface area contributed by atoms with Crippen LogP contribution in [-0.4, -0.2) is 28.2 Å². The van der Waals surface area contributed by atoms with Crippen LogP contribution in [0.5, 0.6) is 0 Å². The van der Waals surface area contributed by atoms with Gasteiger partial charge in [-0.05, 0) is 31.9 Å². The molecule has 1 saturated carbocycles. The Labute approximate surface area is 141 Å². The monoisotopic (exact) mass is 352 g/mol. The molecule has 0 aliphatic heterocycles. The number of nitrogens with zero attached hydrogens (tertiary/aromatic N) is 1. The molecule has 0 saturated heterocycles. The van der Waals surface area contributed by atoms with E-state index in [1.54, 1.807) is 6.92 Å². The zero-order valence-electron chi connectivity index (χ0n) is 12.7. The van der Waals surface area contributed by atoms with Gasteiger partial charge in [-0.3, -0.25) is 9.59 Å². The molecule has 0 spiro atoms. The summed E-state index contributed by atoms with van der Waals surface area (Å²) in [6, 6.07) is 3.93. The summed E-state index contributed by atoms with van der Waals surface area (Å²) >= 11 is 6.03. The maximum absolute atomic E-state index is 14.1. The van der Waals surface area contributed by atoms with E-state index in [1.165, 1.54) is 18.2 Å². The summed E-state index contributed by atoms with van der Waals surface area (Å²) < 4.78 is 19.1. The molecule has 1 amide bonds. The van der Waals surface area contributed by atoms with Gasteiger partial charge in [0.25, 0.3) is 5.91 Å². The lowest BCUT2D eigenvalue weighted by molar-refractivity contribution is -0.145. The molecule has 1 aliphatic rings. The molecule has 0 radical (unpaired) electrons. The summed E-state index contributed by atoms with van der Waals surface area (Å²) in [5.41, 5.74) is 0.126. The highest BCUT2D eigenvalue weighted by atomic mass is 35.5. The van der Waals surface area contributed by atoms with Crippen LogP contribution in [0.15, 0.2) is 22.7 Å². The summed E-state index contributed by atoms with van der Waals surface area (Å²) in [6.07, 6.45) is 0.725. The van der Waals surface area contributed by atoms with E-state index in [4.69, 9.17) is 21.2 Å². The van der Waals surface area contributed by atoms with Crippen molar-refractivity contribution in [3.8, 4) is 11.3 Å². The first kappa shape index (κ1) is 16.4. The molecule has 0 unspecified atom stereocenters. The molecule has 1 aromatic heterocycles. The zero-order chi connectivity index (χ0) is 17.4. The van der Waals surface area contributed by atoms with Crippen LogP contribution in [0.25, 0.3) is 11.3 Å². The van der Waals surface area contributed by atoms with Gasteiger partial charge in [0.2, 0.25) is 0 Å². The molecule has 1 aromatic carbocycles. The molecule has 2 aromatic rings. The maximum atomic E-state index is 14.1. The van der Waals surface area contributed by atoms with Crippen LogP contribution in [0.3, 0.4) is 0 Å². The number of nitrogens with one attached hydrogen (secondary N) is 1. The third kappa shape index (κ3) is 2.87. The lowest BCUT2D eigenvalue weighted by atomic mass is 9.80. The molecule has 1 fully saturated rings. The third-order valence-corrected chi connectivity index (χ3v) is 4.43. The number of carboxylic acids is 1. The Bertz CT molecular complexity index is 794. The summed E-state index contributed by atoms with van der Waals surface area (Å²) in [7, 11) is 0. The summed E-state index contributed by atoms with van der Waals surface area (Å²) in [4.78, 5) is 23.3. The first-order chi connectivity index (χ1) is 11.4. The number of aliphatic carboxylic acids is 1. The van der Waals surface area contributed by atoms with E-state index in [9.17, 15) is 14.0 Å². The Balaban J connectivity index is 1.86. The number of aryl methyl sites for hydroxylation is 1. The van der Waals surface area contributed by atoms with Crippen molar-refractivity contribution in [1.29, 1.82) is 0 Å². The number of aromatic nitrogens is 1. The molecule has 2 N–H and O–H groups in total. The predicted octanol–water partition coefficient (Wildman–Crippen LogP) is 3.04. The third-order valence-electron chi connectivity index (χ3n) is 4.11. The molecule has 6 nitrogen and oxygen atoms in total. The minimum absolute atomic E-state index is 0.00168. The van der Waals surface area contributed by atoms with E-state index in [2.05, 4.69) is 10.5 Å². The number of benzene rings is 1. The second kappa shape index (κ2) is 6.24. The lowest BCUT2D eigenvalue weighted by Gasteiger charge is -2.32. The van der Waals surface area contributed by atoms with Gasteiger partial charge < -0.3 is 14.9 Å². The van der Waals surface area contributed by atoms with Gasteiger partial charge in [0.15, 0.2) is 0 Å². The van der Waals surface area contributed by atoms with Crippen molar-refractivity contribution in [2.45, 2.75) is 25.8 Å². The normalized spacial score (nSPS) is 19.6. The van der Waals surface area contributed by atoms with Gasteiger partial charge in [-0.25, -0.2) is 4.39 Å². The van der Waals surface area contributed by atoms with Gasteiger partial charge >= 0.3 is 5.97 Å². The summed E-state index contributed by atoms with van der Waals surface area (Å²) in [5, 5.41) is 15.5. The zero-order valence-corrected chi connectivity index (χ0v) is 13.4. The fraction of sp³-hybridized carbons (Fsp3) is 0.312. The van der Waals surface area contributed by atoms with Crippen LogP contribution in [0.1, 0.15) is 29.0 Å². The van der Waals surface area contributed by atoms with E-state index < -0.39 is 23.6 Å². The van der Waals surface area contributed by atoms with Gasteiger partial charge in [0.05, 0.1) is 16.5 Å². The number of carbonyl (C=O) groups excluding carboxylic acids is 1. The van der Waals surface area contributed by atoms with Gasteiger partial charge in [0, 0.05) is 6.04 Å². The highest BCUT2D eigenvalue weighted by molar-refractivity contribution is 6.33. The van der Waals surface area contributed by atoms with Crippen molar-refractivity contribution in [2.24, 2.45) is 5.92 Å². The van der Waals surface area contributed by atoms with Crippen LogP contribution < -0.4 is 5.32 Å². The second-order valence-corrected chi connectivity index (χ2v) is 6.14.